The Labute approximate surface area is 203 Å². The normalized spacial score (nSPS) is 13.5. The van der Waals surface area contributed by atoms with E-state index in [0.29, 0.717) is 53.4 Å². The summed E-state index contributed by atoms with van der Waals surface area (Å²) >= 11 is 5.99. The number of benzene rings is 2. The predicted octanol–water partition coefficient (Wildman–Crippen LogP) is 4.92. The van der Waals surface area contributed by atoms with Gasteiger partial charge in [-0.3, -0.25) is 14.2 Å². The largest absolute Gasteiger partial charge is 0.497 e. The Balaban J connectivity index is 1.57. The van der Waals surface area contributed by atoms with Gasteiger partial charge in [-0.2, -0.15) is 10.2 Å². The number of aromatic nitrogens is 1. The summed E-state index contributed by atoms with van der Waals surface area (Å²) in [5.41, 5.74) is 2.24. The lowest BCUT2D eigenvalue weighted by Gasteiger charge is -2.10. The summed E-state index contributed by atoms with van der Waals surface area (Å²) in [6.45, 7) is 2.30. The van der Waals surface area contributed by atoms with E-state index in [2.05, 4.69) is 21.5 Å². The highest BCUT2D eigenvalue weighted by molar-refractivity contribution is 6.30. The van der Waals surface area contributed by atoms with Crippen LogP contribution in [0.4, 0.5) is 0 Å². The van der Waals surface area contributed by atoms with Crippen molar-refractivity contribution in [3.8, 4) is 18.1 Å². The molecule has 0 bridgehead atoms. The Morgan fingerprint density at radius 1 is 1.18 bits per heavy atom. The molecule has 1 aromatic heterocycles. The maximum Gasteiger partial charge on any atom is 0.262 e. The monoisotopic (exact) mass is 476 g/mol. The van der Waals surface area contributed by atoms with Crippen LogP contribution in [0, 0.1) is 19.3 Å². The van der Waals surface area contributed by atoms with E-state index < -0.39 is 5.66 Å². The Morgan fingerprint density at radius 2 is 1.91 bits per heavy atom. The molecule has 3 aromatic rings. The quantitative estimate of drug-likeness (QED) is 0.444. The van der Waals surface area contributed by atoms with Gasteiger partial charge >= 0.3 is 0 Å². The van der Waals surface area contributed by atoms with Crippen molar-refractivity contribution >= 4 is 34.3 Å². The van der Waals surface area contributed by atoms with Crippen LogP contribution in [0.1, 0.15) is 40.9 Å². The highest BCUT2D eigenvalue weighted by Crippen LogP contribution is 2.36. The van der Waals surface area contributed by atoms with E-state index in [0.717, 1.165) is 10.9 Å². The number of methoxy groups -OCH3 is 1. The number of rotatable bonds is 9. The van der Waals surface area contributed by atoms with Crippen molar-refractivity contribution < 1.29 is 14.3 Å². The molecule has 0 atom stereocenters. The maximum atomic E-state index is 13.4. The standard InChI is InChI=1S/C26H25ClN4O3/c1-4-5-12-26(29-30-26)13-14-28-24(32)16-22-17(2)31(23-15-20(34-3)10-11-21(22)23)25(33)18-6-8-19(27)9-7-18/h1,6-11,15H,5,12-14,16H2,2-3H3,(H,28,32). The predicted molar refractivity (Wildman–Crippen MR) is 131 cm³/mol. The lowest BCUT2D eigenvalue weighted by molar-refractivity contribution is -0.120. The highest BCUT2D eigenvalue weighted by atomic mass is 35.5. The fourth-order valence-electron chi connectivity index (χ4n) is 4.09. The van der Waals surface area contributed by atoms with Gasteiger partial charge in [0, 0.05) is 53.5 Å². The Morgan fingerprint density at radius 3 is 2.56 bits per heavy atom. The van der Waals surface area contributed by atoms with Gasteiger partial charge in [0.15, 0.2) is 5.66 Å². The number of hydrogen-bond acceptors (Lipinski definition) is 5. The van der Waals surface area contributed by atoms with Crippen molar-refractivity contribution in [2.24, 2.45) is 10.2 Å². The minimum atomic E-state index is -0.437. The molecule has 0 saturated heterocycles. The molecule has 0 saturated carbocycles. The Kier molecular flexibility index (Phi) is 6.71. The lowest BCUT2D eigenvalue weighted by atomic mass is 10.0. The average molecular weight is 477 g/mol. The molecule has 7 nitrogen and oxygen atoms in total. The van der Waals surface area contributed by atoms with E-state index in [-0.39, 0.29) is 18.2 Å². The molecular weight excluding hydrogens is 452 g/mol. The molecule has 0 unspecified atom stereocenters. The van der Waals surface area contributed by atoms with E-state index in [1.807, 2.05) is 25.1 Å². The van der Waals surface area contributed by atoms with Crippen molar-refractivity contribution in [2.75, 3.05) is 13.7 Å². The third kappa shape index (κ3) is 4.82. The van der Waals surface area contributed by atoms with Gasteiger partial charge in [0.25, 0.3) is 5.91 Å². The van der Waals surface area contributed by atoms with Crippen LogP contribution in [-0.2, 0) is 11.2 Å². The molecule has 0 aliphatic carbocycles. The molecule has 1 N–H and O–H groups in total. The topological polar surface area (TPSA) is 85.0 Å². The molecule has 2 aromatic carbocycles. The number of carbonyl (C=O) groups is 2. The van der Waals surface area contributed by atoms with Crippen molar-refractivity contribution in [1.29, 1.82) is 0 Å². The first kappa shape index (κ1) is 23.5. The fraction of sp³-hybridized carbons (Fsp3) is 0.308. The summed E-state index contributed by atoms with van der Waals surface area (Å²) in [4.78, 5) is 26.2. The van der Waals surface area contributed by atoms with Crippen molar-refractivity contribution in [3.05, 3.63) is 64.3 Å². The minimum Gasteiger partial charge on any atom is -0.497 e. The molecule has 2 heterocycles. The summed E-state index contributed by atoms with van der Waals surface area (Å²) in [6, 6.07) is 12.2. The van der Waals surface area contributed by atoms with Crippen LogP contribution in [-0.4, -0.2) is 35.7 Å². The van der Waals surface area contributed by atoms with Crippen LogP contribution in [0.2, 0.25) is 5.02 Å². The van der Waals surface area contributed by atoms with Gasteiger partial charge in [-0.1, -0.05) is 11.6 Å². The minimum absolute atomic E-state index is 0.135. The summed E-state index contributed by atoms with van der Waals surface area (Å²) in [5.74, 6) is 2.89. The van der Waals surface area contributed by atoms with E-state index in [1.165, 1.54) is 0 Å². The van der Waals surface area contributed by atoms with Gasteiger partial charge in [0.2, 0.25) is 5.91 Å². The molecule has 1 amide bonds. The molecule has 0 radical (unpaired) electrons. The van der Waals surface area contributed by atoms with Gasteiger partial charge < -0.3 is 10.1 Å². The van der Waals surface area contributed by atoms with Gasteiger partial charge in [-0.15, -0.1) is 12.3 Å². The second-order valence-corrected chi connectivity index (χ2v) is 8.69. The summed E-state index contributed by atoms with van der Waals surface area (Å²) in [5, 5.41) is 12.5. The zero-order valence-electron chi connectivity index (χ0n) is 19.1. The number of terminal acetylenes is 1. The van der Waals surface area contributed by atoms with E-state index in [4.69, 9.17) is 22.8 Å². The van der Waals surface area contributed by atoms with Crippen LogP contribution in [0.15, 0.2) is 52.7 Å². The van der Waals surface area contributed by atoms with Crippen LogP contribution < -0.4 is 10.1 Å². The maximum absolute atomic E-state index is 13.4. The number of nitrogens with one attached hydrogen (secondary N) is 1. The number of fused-ring (bicyclic) bond motifs is 1. The van der Waals surface area contributed by atoms with Crippen LogP contribution >= 0.6 is 11.6 Å². The average Bonchev–Trinajstić information content (AvgIpc) is 3.55. The lowest BCUT2D eigenvalue weighted by Crippen LogP contribution is -2.29. The van der Waals surface area contributed by atoms with Crippen molar-refractivity contribution in [3.63, 3.8) is 0 Å². The summed E-state index contributed by atoms with van der Waals surface area (Å²) < 4.78 is 7.00. The van der Waals surface area contributed by atoms with Crippen LogP contribution in [0.25, 0.3) is 10.9 Å². The van der Waals surface area contributed by atoms with Crippen molar-refractivity contribution in [2.45, 2.75) is 38.3 Å². The Hall–Kier alpha value is -3.63. The molecule has 8 heteroatoms. The molecule has 1 aliphatic heterocycles. The number of amides is 1. The molecule has 0 spiro atoms. The van der Waals surface area contributed by atoms with Gasteiger partial charge in [0.05, 0.1) is 19.0 Å². The molecule has 34 heavy (non-hydrogen) atoms. The SMILES string of the molecule is C#CCCC1(CCNC(=O)Cc2c(C)n(C(=O)c3ccc(Cl)cc3)c3cc(OC)ccc23)N=N1. The number of ether oxygens (including phenoxy) is 1. The molecule has 174 valence electrons. The molecule has 4 rings (SSSR count). The molecule has 0 fully saturated rings. The smallest absolute Gasteiger partial charge is 0.262 e. The van der Waals surface area contributed by atoms with E-state index >= 15 is 0 Å². The molecule has 1 aliphatic rings. The third-order valence-corrected chi connectivity index (χ3v) is 6.33. The summed E-state index contributed by atoms with van der Waals surface area (Å²) in [6.07, 6.45) is 7.38. The number of nitrogens with zero attached hydrogens (tertiary/aromatic N) is 3. The van der Waals surface area contributed by atoms with Gasteiger partial charge in [0.1, 0.15) is 5.75 Å². The summed E-state index contributed by atoms with van der Waals surface area (Å²) in [7, 11) is 1.57. The zero-order valence-corrected chi connectivity index (χ0v) is 19.9. The van der Waals surface area contributed by atoms with Gasteiger partial charge in [-0.25, -0.2) is 0 Å². The first-order valence-electron chi connectivity index (χ1n) is 11.0. The molecular formula is C26H25ClN4O3. The first-order chi connectivity index (χ1) is 16.4. The van der Waals surface area contributed by atoms with Crippen LogP contribution in [0.5, 0.6) is 5.75 Å². The number of carbonyl (C=O) groups excluding carboxylic acids is 2. The number of halogens is 1. The van der Waals surface area contributed by atoms with Crippen LogP contribution in [0.3, 0.4) is 0 Å². The van der Waals surface area contributed by atoms with Gasteiger partial charge in [-0.05, 0) is 48.9 Å². The second kappa shape index (κ2) is 9.70. The second-order valence-electron chi connectivity index (χ2n) is 8.26. The highest BCUT2D eigenvalue weighted by Gasteiger charge is 2.38. The van der Waals surface area contributed by atoms with E-state index in [1.54, 1.807) is 35.9 Å². The Bertz CT molecular complexity index is 1310. The zero-order chi connectivity index (χ0) is 24.3. The first-order valence-corrected chi connectivity index (χ1v) is 11.4. The van der Waals surface area contributed by atoms with Crippen molar-refractivity contribution in [1.82, 2.24) is 9.88 Å². The third-order valence-electron chi connectivity index (χ3n) is 6.07. The number of hydrogen-bond donors (Lipinski definition) is 1. The van der Waals surface area contributed by atoms with E-state index in [9.17, 15) is 9.59 Å². The fourth-order valence-corrected chi connectivity index (χ4v) is 4.21.